The van der Waals surface area contributed by atoms with Crippen LogP contribution in [0, 0.1) is 0 Å². The van der Waals surface area contributed by atoms with E-state index >= 15 is 0 Å². The van der Waals surface area contributed by atoms with Crippen LogP contribution in [0.5, 0.6) is 0 Å². The first kappa shape index (κ1) is 9.39. The van der Waals surface area contributed by atoms with Crippen LogP contribution >= 0.6 is 0 Å². The lowest BCUT2D eigenvalue weighted by molar-refractivity contribution is -0.134. The van der Waals surface area contributed by atoms with Crippen LogP contribution in [0.25, 0.3) is 17.1 Å². The summed E-state index contributed by atoms with van der Waals surface area (Å²) in [6.07, 6.45) is 4.07. The molecule has 2 aromatic heterocycles. The molecule has 2 N–H and O–H groups in total. The quantitative estimate of drug-likeness (QED) is 0.738. The van der Waals surface area contributed by atoms with Gasteiger partial charge in [-0.3, -0.25) is 0 Å². The fraction of sp³-hybridized carbons (Fsp3) is 0. The van der Waals surface area contributed by atoms with Gasteiger partial charge in [0.15, 0.2) is 0 Å². The van der Waals surface area contributed by atoms with Crippen molar-refractivity contribution in [2.45, 2.75) is 0 Å². The number of carbonyl (C=O) groups is 1. The largest absolute Gasteiger partial charge is 0.476 e. The van der Waals surface area contributed by atoms with Crippen molar-refractivity contribution in [2.75, 3.05) is 0 Å². The highest BCUT2D eigenvalue weighted by atomic mass is 19.1. The molecule has 2 aromatic rings. The Hall–Kier alpha value is -2.17. The minimum absolute atomic E-state index is 0.470. The molecular weight excluding hydrogens is 199 g/mol. The van der Waals surface area contributed by atoms with E-state index < -0.39 is 11.8 Å². The molecule has 2 heterocycles. The molecule has 0 saturated heterocycles. The van der Waals surface area contributed by atoms with Crippen molar-refractivity contribution in [1.82, 2.24) is 9.97 Å². The number of halogens is 1. The van der Waals surface area contributed by atoms with Crippen LogP contribution in [0.4, 0.5) is 4.39 Å². The molecule has 0 aliphatic carbocycles. The summed E-state index contributed by atoms with van der Waals surface area (Å²) in [5.74, 6) is -2.77. The Bertz CT molecular complexity index is 545. The fourth-order valence-electron chi connectivity index (χ4n) is 1.29. The number of rotatable bonds is 2. The number of nitrogens with one attached hydrogen (secondary N) is 1. The summed E-state index contributed by atoms with van der Waals surface area (Å²) in [5.41, 5.74) is 1.07. The highest BCUT2D eigenvalue weighted by Crippen LogP contribution is 2.18. The van der Waals surface area contributed by atoms with Crippen molar-refractivity contribution in [3.8, 4) is 0 Å². The van der Waals surface area contributed by atoms with Gasteiger partial charge >= 0.3 is 5.97 Å². The molecule has 5 heteroatoms. The van der Waals surface area contributed by atoms with Gasteiger partial charge < -0.3 is 10.1 Å². The predicted octanol–water partition coefficient (Wildman–Crippen LogP) is 1.96. The van der Waals surface area contributed by atoms with Gasteiger partial charge in [0.1, 0.15) is 5.65 Å². The van der Waals surface area contributed by atoms with Crippen molar-refractivity contribution in [2.24, 2.45) is 0 Å². The SMILES string of the molecule is O=C(O)C(F)=Cc1c[nH]c2ncccc12. The minimum Gasteiger partial charge on any atom is -0.476 e. The van der Waals surface area contributed by atoms with Crippen molar-refractivity contribution in [3.63, 3.8) is 0 Å². The van der Waals surface area contributed by atoms with Crippen LogP contribution in [0.3, 0.4) is 0 Å². The van der Waals surface area contributed by atoms with Gasteiger partial charge in [0, 0.05) is 23.3 Å². The van der Waals surface area contributed by atoms with Crippen LogP contribution < -0.4 is 0 Å². The molecule has 0 saturated carbocycles. The van der Waals surface area contributed by atoms with Crippen molar-refractivity contribution in [3.05, 3.63) is 35.9 Å². The first-order valence-electron chi connectivity index (χ1n) is 4.21. The number of hydrogen-bond donors (Lipinski definition) is 2. The van der Waals surface area contributed by atoms with Crippen LogP contribution in [0.1, 0.15) is 5.56 Å². The van der Waals surface area contributed by atoms with E-state index in [1.807, 2.05) is 0 Å². The van der Waals surface area contributed by atoms with E-state index in [1.165, 1.54) is 6.20 Å². The van der Waals surface area contributed by atoms with Gasteiger partial charge in [-0.15, -0.1) is 0 Å². The smallest absolute Gasteiger partial charge is 0.364 e. The second kappa shape index (κ2) is 3.53. The Labute approximate surface area is 84.1 Å². The molecule has 0 aliphatic rings. The fourth-order valence-corrected chi connectivity index (χ4v) is 1.29. The summed E-state index contributed by atoms with van der Waals surface area (Å²) >= 11 is 0. The molecule has 0 radical (unpaired) electrons. The number of aromatic amines is 1. The number of carboxylic acids is 1. The van der Waals surface area contributed by atoms with Gasteiger partial charge in [-0.25, -0.2) is 9.78 Å². The highest BCUT2D eigenvalue weighted by molar-refractivity contribution is 5.94. The maximum Gasteiger partial charge on any atom is 0.364 e. The van der Waals surface area contributed by atoms with E-state index in [0.717, 1.165) is 6.08 Å². The topological polar surface area (TPSA) is 66.0 Å². The number of aliphatic carboxylic acids is 1. The molecule has 0 aliphatic heterocycles. The number of nitrogens with zero attached hydrogens (tertiary/aromatic N) is 1. The van der Waals surface area contributed by atoms with Gasteiger partial charge in [0.25, 0.3) is 0 Å². The van der Waals surface area contributed by atoms with E-state index in [9.17, 15) is 9.18 Å². The van der Waals surface area contributed by atoms with Gasteiger partial charge in [0.05, 0.1) is 0 Å². The van der Waals surface area contributed by atoms with Crippen LogP contribution in [0.2, 0.25) is 0 Å². The second-order valence-electron chi connectivity index (χ2n) is 2.94. The molecule has 2 rings (SSSR count). The Kier molecular flexibility index (Phi) is 2.21. The van der Waals surface area contributed by atoms with E-state index in [1.54, 1.807) is 18.3 Å². The number of fused-ring (bicyclic) bond motifs is 1. The minimum atomic E-state index is -1.58. The molecule has 0 fully saturated rings. The Morgan fingerprint density at radius 3 is 3.13 bits per heavy atom. The summed E-state index contributed by atoms with van der Waals surface area (Å²) < 4.78 is 12.8. The van der Waals surface area contributed by atoms with Gasteiger partial charge in [0.2, 0.25) is 5.83 Å². The number of hydrogen-bond acceptors (Lipinski definition) is 2. The first-order valence-corrected chi connectivity index (χ1v) is 4.21. The number of aromatic nitrogens is 2. The molecule has 0 bridgehead atoms. The maximum atomic E-state index is 12.8. The summed E-state index contributed by atoms with van der Waals surface area (Å²) in [5, 5.41) is 9.07. The summed E-state index contributed by atoms with van der Waals surface area (Å²) in [6.45, 7) is 0. The zero-order valence-corrected chi connectivity index (χ0v) is 7.57. The van der Waals surface area contributed by atoms with E-state index in [2.05, 4.69) is 9.97 Å². The lowest BCUT2D eigenvalue weighted by Crippen LogP contribution is -1.93. The molecular formula is C10H7FN2O2. The Morgan fingerprint density at radius 1 is 1.60 bits per heavy atom. The Morgan fingerprint density at radius 2 is 2.40 bits per heavy atom. The molecule has 4 nitrogen and oxygen atoms in total. The van der Waals surface area contributed by atoms with Crippen LogP contribution in [-0.2, 0) is 4.79 Å². The molecule has 0 unspecified atom stereocenters. The first-order chi connectivity index (χ1) is 7.18. The van der Waals surface area contributed by atoms with Crippen molar-refractivity contribution in [1.29, 1.82) is 0 Å². The van der Waals surface area contributed by atoms with Gasteiger partial charge in [-0.1, -0.05) is 0 Å². The maximum absolute atomic E-state index is 12.8. The summed E-state index contributed by atoms with van der Waals surface area (Å²) in [4.78, 5) is 17.1. The molecule has 15 heavy (non-hydrogen) atoms. The van der Waals surface area contributed by atoms with E-state index in [4.69, 9.17) is 5.11 Å². The third-order valence-electron chi connectivity index (χ3n) is 1.97. The predicted molar refractivity (Wildman–Crippen MR) is 52.8 cm³/mol. The number of H-pyrrole nitrogens is 1. The lowest BCUT2D eigenvalue weighted by Gasteiger charge is -1.90. The van der Waals surface area contributed by atoms with Crippen molar-refractivity contribution < 1.29 is 14.3 Å². The van der Waals surface area contributed by atoms with Gasteiger partial charge in [-0.2, -0.15) is 4.39 Å². The lowest BCUT2D eigenvalue weighted by atomic mass is 10.2. The molecule has 0 aromatic carbocycles. The third-order valence-corrected chi connectivity index (χ3v) is 1.97. The van der Waals surface area contributed by atoms with Crippen LogP contribution in [-0.4, -0.2) is 21.0 Å². The molecule has 0 amide bonds. The van der Waals surface area contributed by atoms with Gasteiger partial charge in [-0.05, 0) is 18.2 Å². The summed E-state index contributed by atoms with van der Waals surface area (Å²) in [7, 11) is 0. The average Bonchev–Trinajstić information content (AvgIpc) is 2.62. The zero-order chi connectivity index (χ0) is 10.8. The molecule has 0 spiro atoms. The molecule has 76 valence electrons. The highest BCUT2D eigenvalue weighted by Gasteiger charge is 2.08. The number of pyridine rings is 1. The standard InChI is InChI=1S/C10H7FN2O2/c11-8(10(14)15)4-6-5-13-9-7(6)2-1-3-12-9/h1-5H,(H,12,13)(H,14,15). The van der Waals surface area contributed by atoms with E-state index in [0.29, 0.717) is 16.6 Å². The monoisotopic (exact) mass is 206 g/mol. The summed E-state index contributed by atoms with van der Waals surface area (Å²) in [6, 6.07) is 3.44. The third kappa shape index (κ3) is 1.71. The molecule has 0 atom stereocenters. The van der Waals surface area contributed by atoms with Crippen molar-refractivity contribution >= 4 is 23.1 Å². The average molecular weight is 206 g/mol. The van der Waals surface area contributed by atoms with E-state index in [-0.39, 0.29) is 0 Å². The zero-order valence-electron chi connectivity index (χ0n) is 7.57. The normalized spacial score (nSPS) is 11.9. The Balaban J connectivity index is 2.54. The second-order valence-corrected chi connectivity index (χ2v) is 2.94. The number of carboxylic acid groups (broad SMARTS) is 1. The van der Waals surface area contributed by atoms with Crippen LogP contribution in [0.15, 0.2) is 30.4 Å².